The van der Waals surface area contributed by atoms with Crippen LogP contribution >= 0.6 is 0 Å². The van der Waals surface area contributed by atoms with E-state index in [0.29, 0.717) is 5.69 Å². The fourth-order valence-electron chi connectivity index (χ4n) is 4.78. The molecule has 3 aromatic rings. The minimum atomic E-state index is 0.270. The lowest BCUT2D eigenvalue weighted by atomic mass is 10.00. The van der Waals surface area contributed by atoms with Gasteiger partial charge in [0.2, 0.25) is 0 Å². The maximum atomic E-state index is 13.5. The molecule has 5 rings (SSSR count). The largest absolute Gasteiger partial charge is 0.740 e. The van der Waals surface area contributed by atoms with Gasteiger partial charge in [0.05, 0.1) is 12.8 Å². The molecule has 0 atom stereocenters. The lowest BCUT2D eigenvalue weighted by Gasteiger charge is -2.18. The molecule has 2 aliphatic heterocycles. The van der Waals surface area contributed by atoms with E-state index in [9.17, 15) is 5.21 Å². The molecule has 7 heteroatoms. The number of rotatable bonds is 7. The minimum absolute atomic E-state index is 0.270. The highest BCUT2D eigenvalue weighted by Gasteiger charge is 2.23. The number of nitrogens with one attached hydrogen (secondary N) is 2. The summed E-state index contributed by atoms with van der Waals surface area (Å²) < 4.78 is 6.16. The Morgan fingerprint density at radius 2 is 1.97 bits per heavy atom. The Morgan fingerprint density at radius 3 is 2.76 bits per heavy atom. The standard InChI is InChI=1S/C26H31N5O2/c1-33-22-9-7-21(8-10-22)29-26-28-18-20-12-13-27-24-11-6-19(17-23(24)25(20)31(26)32)5-4-16-30-14-2-3-15-30/h6-11,17-18,27H,2-5,12-16H2,1H3,(H,28,29). The van der Waals surface area contributed by atoms with E-state index in [2.05, 4.69) is 38.7 Å². The molecule has 0 bridgehead atoms. The lowest BCUT2D eigenvalue weighted by molar-refractivity contribution is -0.581. The van der Waals surface area contributed by atoms with Gasteiger partial charge >= 0.3 is 5.95 Å². The first-order valence-corrected chi connectivity index (χ1v) is 11.8. The van der Waals surface area contributed by atoms with Gasteiger partial charge in [-0.1, -0.05) is 11.1 Å². The number of anilines is 3. The average molecular weight is 446 g/mol. The maximum absolute atomic E-state index is 13.5. The fourth-order valence-corrected chi connectivity index (χ4v) is 4.78. The van der Waals surface area contributed by atoms with Crippen molar-refractivity contribution in [2.75, 3.05) is 43.9 Å². The van der Waals surface area contributed by atoms with E-state index >= 15 is 0 Å². The Morgan fingerprint density at radius 1 is 1.15 bits per heavy atom. The van der Waals surface area contributed by atoms with Crippen LogP contribution in [0.1, 0.15) is 30.4 Å². The molecular formula is C26H31N5O2. The van der Waals surface area contributed by atoms with Crippen molar-refractivity contribution in [1.29, 1.82) is 0 Å². The molecule has 2 aromatic carbocycles. The molecule has 33 heavy (non-hydrogen) atoms. The molecule has 0 radical (unpaired) electrons. The summed E-state index contributed by atoms with van der Waals surface area (Å²) in [6.07, 6.45) is 7.38. The van der Waals surface area contributed by atoms with Gasteiger partial charge in [0.25, 0.3) is 0 Å². The van der Waals surface area contributed by atoms with Crippen LogP contribution in [0.5, 0.6) is 5.75 Å². The number of nitrogens with zero attached hydrogens (tertiary/aromatic N) is 3. The number of aryl methyl sites for hydroxylation is 1. The Hall–Kier alpha value is -3.32. The van der Waals surface area contributed by atoms with Gasteiger partial charge < -0.3 is 20.2 Å². The quantitative estimate of drug-likeness (QED) is 0.421. The molecule has 0 spiro atoms. The SMILES string of the molecule is COc1ccc(Nc2ncc3c([n+]2[O-])-c2cc(CCCN4CCCC4)ccc2NCC3)cc1. The summed E-state index contributed by atoms with van der Waals surface area (Å²) in [5.74, 6) is 1.04. The van der Waals surface area contributed by atoms with Gasteiger partial charge in [0, 0.05) is 23.4 Å². The van der Waals surface area contributed by atoms with Gasteiger partial charge in [-0.05, 0) is 93.7 Å². The lowest BCUT2D eigenvalue weighted by Crippen LogP contribution is -2.35. The predicted molar refractivity (Wildman–Crippen MR) is 131 cm³/mol. The fraction of sp³-hybridized carbons (Fsp3) is 0.385. The summed E-state index contributed by atoms with van der Waals surface area (Å²) in [5, 5.41) is 20.1. The summed E-state index contributed by atoms with van der Waals surface area (Å²) in [7, 11) is 1.63. The molecule has 1 fully saturated rings. The van der Waals surface area contributed by atoms with Gasteiger partial charge in [-0.3, -0.25) is 0 Å². The predicted octanol–water partition coefficient (Wildman–Crippen LogP) is 4.13. The maximum Gasteiger partial charge on any atom is 0.397 e. The highest BCUT2D eigenvalue weighted by molar-refractivity contribution is 5.78. The van der Waals surface area contributed by atoms with Crippen molar-refractivity contribution in [1.82, 2.24) is 9.88 Å². The minimum Gasteiger partial charge on any atom is -0.740 e. The number of hydrogen-bond donors (Lipinski definition) is 2. The smallest absolute Gasteiger partial charge is 0.397 e. The number of benzene rings is 2. The molecule has 0 unspecified atom stereocenters. The first kappa shape index (κ1) is 21.5. The van der Waals surface area contributed by atoms with Crippen LogP contribution in [-0.4, -0.2) is 43.2 Å². The first-order chi connectivity index (χ1) is 16.2. The van der Waals surface area contributed by atoms with E-state index in [1.165, 1.54) is 31.5 Å². The van der Waals surface area contributed by atoms with E-state index in [1.807, 2.05) is 30.5 Å². The zero-order valence-electron chi connectivity index (χ0n) is 19.1. The van der Waals surface area contributed by atoms with Crippen molar-refractivity contribution in [3.8, 4) is 17.0 Å². The molecular weight excluding hydrogens is 414 g/mol. The molecule has 0 saturated carbocycles. The van der Waals surface area contributed by atoms with E-state index in [0.717, 1.165) is 65.3 Å². The molecule has 172 valence electrons. The van der Waals surface area contributed by atoms with Crippen molar-refractivity contribution in [3.05, 3.63) is 65.0 Å². The third-order valence-electron chi connectivity index (χ3n) is 6.58. The number of fused-ring (bicyclic) bond motifs is 3. The molecule has 1 saturated heterocycles. The molecule has 0 aliphatic carbocycles. The summed E-state index contributed by atoms with van der Waals surface area (Å²) >= 11 is 0. The number of likely N-dealkylation sites (tertiary alicyclic amines) is 1. The van der Waals surface area contributed by atoms with Crippen LogP contribution in [-0.2, 0) is 12.8 Å². The van der Waals surface area contributed by atoms with Crippen molar-refractivity contribution >= 4 is 17.3 Å². The average Bonchev–Trinajstić information content (AvgIpc) is 3.28. The monoisotopic (exact) mass is 445 g/mol. The van der Waals surface area contributed by atoms with Crippen LogP contribution < -0.4 is 20.1 Å². The van der Waals surface area contributed by atoms with Crippen LogP contribution in [0.3, 0.4) is 0 Å². The van der Waals surface area contributed by atoms with E-state index in [-0.39, 0.29) is 5.95 Å². The second-order valence-corrected chi connectivity index (χ2v) is 8.81. The Balaban J connectivity index is 1.41. The van der Waals surface area contributed by atoms with Crippen molar-refractivity contribution in [3.63, 3.8) is 0 Å². The molecule has 3 heterocycles. The van der Waals surface area contributed by atoms with Crippen molar-refractivity contribution in [2.24, 2.45) is 0 Å². The molecule has 1 aromatic heterocycles. The third kappa shape index (κ3) is 4.73. The third-order valence-corrected chi connectivity index (χ3v) is 6.58. The van der Waals surface area contributed by atoms with Crippen LogP contribution in [0.4, 0.5) is 17.3 Å². The second kappa shape index (κ2) is 9.67. The summed E-state index contributed by atoms with van der Waals surface area (Å²) in [5.41, 5.74) is 5.66. The van der Waals surface area contributed by atoms with E-state index in [4.69, 9.17) is 4.74 Å². The zero-order chi connectivity index (χ0) is 22.6. The van der Waals surface area contributed by atoms with Crippen LogP contribution in [0.25, 0.3) is 11.3 Å². The molecule has 0 amide bonds. The zero-order valence-corrected chi connectivity index (χ0v) is 19.1. The molecule has 2 N–H and O–H groups in total. The molecule has 7 nitrogen and oxygen atoms in total. The highest BCUT2D eigenvalue weighted by atomic mass is 16.5. The highest BCUT2D eigenvalue weighted by Crippen LogP contribution is 2.33. The summed E-state index contributed by atoms with van der Waals surface area (Å²) in [6, 6.07) is 14.0. The van der Waals surface area contributed by atoms with Gasteiger partial charge in [0.15, 0.2) is 0 Å². The van der Waals surface area contributed by atoms with E-state index < -0.39 is 0 Å². The van der Waals surface area contributed by atoms with Crippen molar-refractivity contribution < 1.29 is 9.47 Å². The Labute approximate surface area is 195 Å². The topological polar surface area (TPSA) is 76.4 Å². The Bertz CT molecular complexity index is 1110. The number of aromatic nitrogens is 2. The van der Waals surface area contributed by atoms with Gasteiger partial charge in [-0.25, -0.2) is 10.0 Å². The summed E-state index contributed by atoms with van der Waals surface area (Å²) in [4.78, 5) is 6.99. The Kier molecular flexibility index (Phi) is 6.30. The number of hydrogen-bond acceptors (Lipinski definition) is 6. The van der Waals surface area contributed by atoms with Crippen LogP contribution in [0, 0.1) is 5.21 Å². The normalized spacial score (nSPS) is 15.3. The number of ether oxygens (including phenoxy) is 1. The van der Waals surface area contributed by atoms with E-state index in [1.54, 1.807) is 7.11 Å². The van der Waals surface area contributed by atoms with Gasteiger partial charge in [-0.15, -0.1) is 0 Å². The van der Waals surface area contributed by atoms with Crippen LogP contribution in [0.15, 0.2) is 48.7 Å². The second-order valence-electron chi connectivity index (χ2n) is 8.81. The molecule has 2 aliphatic rings. The first-order valence-electron chi connectivity index (χ1n) is 11.8. The van der Waals surface area contributed by atoms with Gasteiger partial charge in [-0.2, -0.15) is 0 Å². The number of methoxy groups -OCH3 is 1. The van der Waals surface area contributed by atoms with Crippen LogP contribution in [0.2, 0.25) is 0 Å². The summed E-state index contributed by atoms with van der Waals surface area (Å²) in [6.45, 7) is 4.39. The van der Waals surface area contributed by atoms with Gasteiger partial charge in [0.1, 0.15) is 17.6 Å². The van der Waals surface area contributed by atoms with Crippen molar-refractivity contribution in [2.45, 2.75) is 32.1 Å².